The van der Waals surface area contributed by atoms with Crippen LogP contribution in [0.25, 0.3) is 0 Å². The summed E-state index contributed by atoms with van der Waals surface area (Å²) in [6.07, 6.45) is -1.22. The first-order chi connectivity index (χ1) is 14.7. The number of benzene rings is 2. The molecule has 2 aromatic carbocycles. The van der Waals surface area contributed by atoms with Gasteiger partial charge in [0.1, 0.15) is 5.82 Å². The van der Waals surface area contributed by atoms with E-state index in [1.54, 1.807) is 19.1 Å². The minimum absolute atomic E-state index is 0.0328. The Hall–Kier alpha value is -3.82. The van der Waals surface area contributed by atoms with Gasteiger partial charge in [-0.2, -0.15) is 0 Å². The van der Waals surface area contributed by atoms with Crippen molar-refractivity contribution < 1.29 is 28.4 Å². The largest absolute Gasteiger partial charge is 0.452 e. The second kappa shape index (κ2) is 10.8. The van der Waals surface area contributed by atoms with Crippen molar-refractivity contribution >= 4 is 23.5 Å². The van der Waals surface area contributed by atoms with Crippen molar-refractivity contribution in [2.24, 2.45) is 0 Å². The van der Waals surface area contributed by atoms with E-state index >= 15 is 0 Å². The summed E-state index contributed by atoms with van der Waals surface area (Å²) in [5, 5.41) is 15.8. The zero-order valence-electron chi connectivity index (χ0n) is 17.0. The van der Waals surface area contributed by atoms with Gasteiger partial charge in [0.15, 0.2) is 6.10 Å². The van der Waals surface area contributed by atoms with Crippen molar-refractivity contribution in [3.05, 3.63) is 75.6 Å². The van der Waals surface area contributed by atoms with Crippen molar-refractivity contribution in [1.82, 2.24) is 10.6 Å². The van der Waals surface area contributed by atoms with Crippen LogP contribution in [0.3, 0.4) is 0 Å². The smallest absolute Gasteiger partial charge is 0.308 e. The number of rotatable bonds is 9. The summed E-state index contributed by atoms with van der Waals surface area (Å²) in [4.78, 5) is 46.2. The number of halogens is 1. The molecule has 0 aliphatic heterocycles. The molecule has 2 atom stereocenters. The van der Waals surface area contributed by atoms with Crippen LogP contribution >= 0.6 is 0 Å². The van der Waals surface area contributed by atoms with Gasteiger partial charge in [-0.1, -0.05) is 12.1 Å². The maximum atomic E-state index is 13.0. The Balaban J connectivity index is 1.74. The highest BCUT2D eigenvalue weighted by Crippen LogP contribution is 2.14. The zero-order valence-corrected chi connectivity index (χ0v) is 17.0. The van der Waals surface area contributed by atoms with Crippen molar-refractivity contribution in [2.45, 2.75) is 32.4 Å². The third-order valence-electron chi connectivity index (χ3n) is 4.36. The van der Waals surface area contributed by atoms with E-state index in [1.807, 2.05) is 0 Å². The van der Waals surface area contributed by atoms with Crippen molar-refractivity contribution in [2.75, 3.05) is 6.54 Å². The van der Waals surface area contributed by atoms with E-state index in [-0.39, 0.29) is 30.0 Å². The lowest BCUT2D eigenvalue weighted by Gasteiger charge is -2.18. The molecule has 0 saturated heterocycles. The number of nitrogens with zero attached hydrogens (tertiary/aromatic N) is 1. The van der Waals surface area contributed by atoms with Gasteiger partial charge in [0.25, 0.3) is 17.5 Å². The molecule has 2 rings (SSSR count). The molecule has 0 saturated carbocycles. The summed E-state index contributed by atoms with van der Waals surface area (Å²) in [5.41, 5.74) is 0.768. The summed E-state index contributed by atoms with van der Waals surface area (Å²) in [7, 11) is 0. The lowest BCUT2D eigenvalue weighted by Crippen LogP contribution is -2.37. The minimum atomic E-state index is -1.05. The van der Waals surface area contributed by atoms with E-state index in [2.05, 4.69) is 10.6 Å². The molecule has 2 amide bonds. The molecular weight excluding hydrogens is 409 g/mol. The van der Waals surface area contributed by atoms with Gasteiger partial charge in [-0.25, -0.2) is 4.39 Å². The summed E-state index contributed by atoms with van der Waals surface area (Å²) in [6.45, 7) is 3.10. The molecule has 0 aliphatic carbocycles. The molecule has 0 aliphatic rings. The van der Waals surface area contributed by atoms with Gasteiger partial charge in [0, 0.05) is 24.2 Å². The second-order valence-electron chi connectivity index (χ2n) is 6.72. The lowest BCUT2D eigenvalue weighted by atomic mass is 10.1. The first kappa shape index (κ1) is 23.5. The monoisotopic (exact) mass is 431 g/mol. The number of nitrogens with one attached hydrogen (secondary N) is 2. The van der Waals surface area contributed by atoms with Crippen molar-refractivity contribution in [3.63, 3.8) is 0 Å². The van der Waals surface area contributed by atoms with Crippen LogP contribution in [-0.4, -0.2) is 35.4 Å². The lowest BCUT2D eigenvalue weighted by molar-refractivity contribution is -0.384. The molecule has 0 bridgehead atoms. The molecule has 2 N–H and O–H groups in total. The third-order valence-corrected chi connectivity index (χ3v) is 4.36. The van der Waals surface area contributed by atoms with E-state index in [0.29, 0.717) is 5.56 Å². The Bertz CT molecular complexity index is 947. The van der Waals surface area contributed by atoms with Crippen molar-refractivity contribution in [3.8, 4) is 0 Å². The van der Waals surface area contributed by atoms with Crippen LogP contribution in [0.1, 0.15) is 42.2 Å². The van der Waals surface area contributed by atoms with E-state index in [1.165, 1.54) is 43.3 Å². The summed E-state index contributed by atoms with van der Waals surface area (Å²) in [5.74, 6) is -2.08. The van der Waals surface area contributed by atoms with Gasteiger partial charge < -0.3 is 15.4 Å². The standard InChI is InChI=1S/C21H22FN3O6/c1-13(15-3-7-17(22)8-4-15)24-20(27)14(2)31-19(26)11-12-23-21(28)16-5-9-18(10-6-16)25(29)30/h3-10,13-14H,11-12H2,1-2H3,(H,23,28)(H,24,27). The number of carbonyl (C=O) groups excluding carboxylic acids is 3. The molecule has 164 valence electrons. The molecular formula is C21H22FN3O6. The molecule has 0 radical (unpaired) electrons. The minimum Gasteiger partial charge on any atom is -0.452 e. The number of nitro benzene ring substituents is 1. The van der Waals surface area contributed by atoms with Crippen LogP contribution in [0, 0.1) is 15.9 Å². The average Bonchev–Trinajstić information content (AvgIpc) is 2.74. The normalized spacial score (nSPS) is 12.4. The SMILES string of the molecule is CC(OC(=O)CCNC(=O)c1ccc([N+](=O)[O-])cc1)C(=O)NC(C)c1ccc(F)cc1. The van der Waals surface area contributed by atoms with Gasteiger partial charge >= 0.3 is 5.97 Å². The number of hydrogen-bond donors (Lipinski definition) is 2. The molecule has 9 nitrogen and oxygen atoms in total. The fourth-order valence-corrected chi connectivity index (χ4v) is 2.59. The Morgan fingerprint density at radius 3 is 2.26 bits per heavy atom. The van der Waals surface area contributed by atoms with Gasteiger partial charge in [-0.15, -0.1) is 0 Å². The van der Waals surface area contributed by atoms with Gasteiger partial charge in [-0.3, -0.25) is 24.5 Å². The third kappa shape index (κ3) is 7.18. The molecule has 0 fully saturated rings. The highest BCUT2D eigenvalue weighted by atomic mass is 19.1. The zero-order chi connectivity index (χ0) is 23.0. The molecule has 0 aromatic heterocycles. The summed E-state index contributed by atoms with van der Waals surface area (Å²) >= 11 is 0. The van der Waals surface area contributed by atoms with Crippen molar-refractivity contribution in [1.29, 1.82) is 0 Å². The van der Waals surface area contributed by atoms with E-state index in [4.69, 9.17) is 4.74 Å². The average molecular weight is 431 g/mol. The molecule has 0 heterocycles. The van der Waals surface area contributed by atoms with Gasteiger partial charge in [0.05, 0.1) is 17.4 Å². The van der Waals surface area contributed by atoms with E-state index in [0.717, 1.165) is 0 Å². The molecule has 0 spiro atoms. The first-order valence-corrected chi connectivity index (χ1v) is 9.45. The predicted molar refractivity (Wildman–Crippen MR) is 109 cm³/mol. The highest BCUT2D eigenvalue weighted by Gasteiger charge is 2.20. The fourth-order valence-electron chi connectivity index (χ4n) is 2.59. The number of non-ortho nitro benzene ring substituents is 1. The number of carbonyl (C=O) groups is 3. The maximum absolute atomic E-state index is 13.0. The van der Waals surface area contributed by atoms with Crippen LogP contribution in [0.15, 0.2) is 48.5 Å². The summed E-state index contributed by atoms with van der Waals surface area (Å²) < 4.78 is 18.0. The van der Waals surface area contributed by atoms with Gasteiger partial charge in [0.2, 0.25) is 0 Å². The number of ether oxygens (including phenoxy) is 1. The van der Waals surface area contributed by atoms with E-state index < -0.39 is 34.9 Å². The number of esters is 1. The maximum Gasteiger partial charge on any atom is 0.308 e. The predicted octanol–water partition coefficient (Wildman–Crippen LogP) is 2.66. The Morgan fingerprint density at radius 2 is 1.68 bits per heavy atom. The Morgan fingerprint density at radius 1 is 1.06 bits per heavy atom. The number of hydrogen-bond acceptors (Lipinski definition) is 6. The first-order valence-electron chi connectivity index (χ1n) is 9.45. The van der Waals surface area contributed by atoms with Crippen LogP contribution in [0.4, 0.5) is 10.1 Å². The number of amides is 2. The topological polar surface area (TPSA) is 128 Å². The Labute approximate surface area is 177 Å². The summed E-state index contributed by atoms with van der Waals surface area (Å²) in [6, 6.07) is 10.3. The number of nitro groups is 1. The molecule has 2 aromatic rings. The van der Waals surface area contributed by atoms with Crippen LogP contribution < -0.4 is 10.6 Å². The van der Waals surface area contributed by atoms with Crippen LogP contribution in [-0.2, 0) is 14.3 Å². The highest BCUT2D eigenvalue weighted by molar-refractivity contribution is 5.94. The molecule has 2 unspecified atom stereocenters. The second-order valence-corrected chi connectivity index (χ2v) is 6.72. The van der Waals surface area contributed by atoms with Crippen LogP contribution in [0.2, 0.25) is 0 Å². The van der Waals surface area contributed by atoms with Crippen LogP contribution in [0.5, 0.6) is 0 Å². The fraction of sp³-hybridized carbons (Fsp3) is 0.286. The Kier molecular flexibility index (Phi) is 8.18. The molecule has 10 heteroatoms. The van der Waals surface area contributed by atoms with Gasteiger partial charge in [-0.05, 0) is 43.7 Å². The quantitative estimate of drug-likeness (QED) is 0.357. The molecule has 31 heavy (non-hydrogen) atoms. The van der Waals surface area contributed by atoms with E-state index in [9.17, 15) is 28.9 Å².